The molecule has 2 N–H and O–H groups in total. The van der Waals surface area contributed by atoms with Crippen LogP contribution in [0.4, 0.5) is 5.69 Å². The summed E-state index contributed by atoms with van der Waals surface area (Å²) in [6.07, 6.45) is 2.54. The van der Waals surface area contributed by atoms with Gasteiger partial charge in [-0.05, 0) is 55.7 Å². The largest absolute Gasteiger partial charge is 0.494 e. The highest BCUT2D eigenvalue weighted by atomic mass is 16.5. The van der Waals surface area contributed by atoms with Gasteiger partial charge in [-0.25, -0.2) is 0 Å². The molecule has 0 saturated carbocycles. The maximum Gasteiger partial charge on any atom is 0.267 e. The fourth-order valence-electron chi connectivity index (χ4n) is 3.56. The minimum absolute atomic E-state index is 0.104. The molecule has 1 aliphatic rings. The van der Waals surface area contributed by atoms with Crippen LogP contribution in [0.2, 0.25) is 0 Å². The van der Waals surface area contributed by atoms with Gasteiger partial charge < -0.3 is 19.9 Å². The molecule has 1 aliphatic heterocycles. The molecule has 0 unspecified atom stereocenters. The second-order valence-corrected chi connectivity index (χ2v) is 6.91. The Morgan fingerprint density at radius 1 is 1.11 bits per heavy atom. The molecule has 1 amide bonds. The van der Waals surface area contributed by atoms with Gasteiger partial charge in [-0.2, -0.15) is 0 Å². The highest BCUT2D eigenvalue weighted by Crippen LogP contribution is 2.22. The van der Waals surface area contributed by atoms with Gasteiger partial charge in [-0.3, -0.25) is 4.79 Å². The van der Waals surface area contributed by atoms with Crippen LogP contribution in [-0.2, 0) is 6.54 Å². The van der Waals surface area contributed by atoms with E-state index in [0.29, 0.717) is 18.8 Å². The van der Waals surface area contributed by atoms with Crippen molar-refractivity contribution in [1.82, 2.24) is 10.3 Å². The van der Waals surface area contributed by atoms with Crippen molar-refractivity contribution in [1.29, 1.82) is 0 Å². The Kier molecular flexibility index (Phi) is 5.01. The number of H-pyrrole nitrogens is 1. The summed E-state index contributed by atoms with van der Waals surface area (Å²) in [4.78, 5) is 18.1. The van der Waals surface area contributed by atoms with E-state index in [9.17, 15) is 4.79 Å². The van der Waals surface area contributed by atoms with Crippen LogP contribution in [-0.4, -0.2) is 30.6 Å². The minimum Gasteiger partial charge on any atom is -0.494 e. The van der Waals surface area contributed by atoms with Crippen molar-refractivity contribution in [3.05, 3.63) is 59.8 Å². The smallest absolute Gasteiger partial charge is 0.267 e. The van der Waals surface area contributed by atoms with Crippen molar-refractivity contribution in [2.45, 2.75) is 26.3 Å². The first-order valence-electron chi connectivity index (χ1n) is 9.60. The fourth-order valence-corrected chi connectivity index (χ4v) is 3.56. The number of amides is 1. The van der Waals surface area contributed by atoms with Gasteiger partial charge in [-0.15, -0.1) is 0 Å². The molecule has 0 radical (unpaired) electrons. The van der Waals surface area contributed by atoms with E-state index in [2.05, 4.69) is 39.5 Å². The monoisotopic (exact) mass is 363 g/mol. The summed E-state index contributed by atoms with van der Waals surface area (Å²) < 4.78 is 5.51. The summed E-state index contributed by atoms with van der Waals surface area (Å²) in [5.74, 6) is 0.699. The van der Waals surface area contributed by atoms with E-state index >= 15 is 0 Å². The zero-order valence-electron chi connectivity index (χ0n) is 15.6. The molecular weight excluding hydrogens is 338 g/mol. The van der Waals surface area contributed by atoms with Crippen molar-refractivity contribution < 1.29 is 9.53 Å². The van der Waals surface area contributed by atoms with Crippen LogP contribution in [0.3, 0.4) is 0 Å². The molecule has 1 saturated heterocycles. The lowest BCUT2D eigenvalue weighted by Gasteiger charge is -2.17. The number of anilines is 1. The average Bonchev–Trinajstić information content (AvgIpc) is 3.36. The third-order valence-corrected chi connectivity index (χ3v) is 5.01. The van der Waals surface area contributed by atoms with Crippen LogP contribution in [0, 0.1) is 0 Å². The Morgan fingerprint density at radius 3 is 2.63 bits per heavy atom. The van der Waals surface area contributed by atoms with E-state index in [1.165, 1.54) is 18.5 Å². The van der Waals surface area contributed by atoms with Crippen molar-refractivity contribution in [2.24, 2.45) is 0 Å². The number of hydrogen-bond donors (Lipinski definition) is 2. The molecule has 0 spiro atoms. The van der Waals surface area contributed by atoms with Gasteiger partial charge in [0.15, 0.2) is 0 Å². The second-order valence-electron chi connectivity index (χ2n) is 6.91. The highest BCUT2D eigenvalue weighted by Gasteiger charge is 2.13. The maximum absolute atomic E-state index is 12.5. The number of carbonyl (C=O) groups is 1. The molecule has 5 heteroatoms. The lowest BCUT2D eigenvalue weighted by Crippen LogP contribution is -2.23. The molecule has 2 heterocycles. The lowest BCUT2D eigenvalue weighted by atomic mass is 10.2. The van der Waals surface area contributed by atoms with Gasteiger partial charge in [0.05, 0.1) is 6.61 Å². The topological polar surface area (TPSA) is 57.4 Å². The normalized spacial score (nSPS) is 13.9. The minimum atomic E-state index is -0.104. The molecule has 140 valence electrons. The second kappa shape index (κ2) is 7.74. The molecule has 0 aliphatic carbocycles. The third-order valence-electron chi connectivity index (χ3n) is 5.01. The van der Waals surface area contributed by atoms with Crippen molar-refractivity contribution >= 4 is 22.5 Å². The summed E-state index contributed by atoms with van der Waals surface area (Å²) in [5.41, 5.74) is 3.83. The van der Waals surface area contributed by atoms with E-state index < -0.39 is 0 Å². The van der Waals surface area contributed by atoms with E-state index in [4.69, 9.17) is 4.74 Å². The number of ether oxygens (including phenoxy) is 1. The molecule has 4 rings (SSSR count). The van der Waals surface area contributed by atoms with Crippen molar-refractivity contribution in [3.63, 3.8) is 0 Å². The third kappa shape index (κ3) is 3.92. The van der Waals surface area contributed by atoms with Gasteiger partial charge in [0.2, 0.25) is 0 Å². The number of nitrogens with zero attached hydrogens (tertiary/aromatic N) is 1. The number of rotatable bonds is 6. The Labute approximate surface area is 159 Å². The Hall–Kier alpha value is -2.95. The van der Waals surface area contributed by atoms with Crippen LogP contribution < -0.4 is 15.0 Å². The summed E-state index contributed by atoms with van der Waals surface area (Å²) >= 11 is 0. The number of aromatic amines is 1. The number of hydrogen-bond acceptors (Lipinski definition) is 3. The number of fused-ring (bicyclic) bond motifs is 1. The van der Waals surface area contributed by atoms with Crippen LogP contribution in [0.1, 0.15) is 35.8 Å². The summed E-state index contributed by atoms with van der Waals surface area (Å²) in [5, 5.41) is 3.99. The molecule has 0 atom stereocenters. The quantitative estimate of drug-likeness (QED) is 0.693. The highest BCUT2D eigenvalue weighted by molar-refractivity contribution is 5.98. The van der Waals surface area contributed by atoms with Crippen molar-refractivity contribution in [3.8, 4) is 5.75 Å². The van der Waals surface area contributed by atoms with Crippen LogP contribution in [0.5, 0.6) is 5.75 Å². The molecule has 3 aromatic rings. The zero-order chi connectivity index (χ0) is 18.6. The van der Waals surface area contributed by atoms with Gasteiger partial charge in [0, 0.05) is 42.3 Å². The van der Waals surface area contributed by atoms with Gasteiger partial charge >= 0.3 is 0 Å². The predicted molar refractivity (Wildman–Crippen MR) is 109 cm³/mol. The first-order valence-corrected chi connectivity index (χ1v) is 9.60. The van der Waals surface area contributed by atoms with E-state index in [-0.39, 0.29) is 5.91 Å². The molecule has 2 aromatic carbocycles. The molecule has 1 aromatic heterocycles. The zero-order valence-corrected chi connectivity index (χ0v) is 15.6. The molecule has 27 heavy (non-hydrogen) atoms. The van der Waals surface area contributed by atoms with Crippen LogP contribution >= 0.6 is 0 Å². The van der Waals surface area contributed by atoms with E-state index in [1.807, 2.05) is 31.2 Å². The Morgan fingerprint density at radius 2 is 1.89 bits per heavy atom. The van der Waals surface area contributed by atoms with Gasteiger partial charge in [0.25, 0.3) is 5.91 Å². The van der Waals surface area contributed by atoms with Crippen molar-refractivity contribution in [2.75, 3.05) is 24.6 Å². The van der Waals surface area contributed by atoms with Crippen LogP contribution in [0.25, 0.3) is 10.9 Å². The average molecular weight is 363 g/mol. The molecule has 5 nitrogen and oxygen atoms in total. The molecular formula is C22H25N3O2. The number of carbonyl (C=O) groups excluding carboxylic acids is 1. The number of benzene rings is 2. The SMILES string of the molecule is CCOc1ccc2cc(C(=O)NCc3ccc(N4CCCC4)cc3)[nH]c2c1. The Bertz CT molecular complexity index is 924. The fraction of sp³-hybridized carbons (Fsp3) is 0.318. The molecule has 0 bridgehead atoms. The number of aromatic nitrogens is 1. The number of nitrogens with one attached hydrogen (secondary N) is 2. The maximum atomic E-state index is 12.5. The standard InChI is InChI=1S/C22H25N3O2/c1-2-27-19-10-7-17-13-21(24-20(17)14-19)22(26)23-15-16-5-8-18(9-6-16)25-11-3-4-12-25/h5-10,13-14,24H,2-4,11-12,15H2,1H3,(H,23,26). The van der Waals surface area contributed by atoms with Crippen LogP contribution in [0.15, 0.2) is 48.5 Å². The van der Waals surface area contributed by atoms with Gasteiger partial charge in [-0.1, -0.05) is 12.1 Å². The first kappa shape index (κ1) is 17.5. The predicted octanol–water partition coefficient (Wildman–Crippen LogP) is 4.10. The van der Waals surface area contributed by atoms with E-state index in [0.717, 1.165) is 35.3 Å². The summed E-state index contributed by atoms with van der Waals surface area (Å²) in [6.45, 7) is 5.37. The lowest BCUT2D eigenvalue weighted by molar-refractivity contribution is 0.0946. The summed E-state index contributed by atoms with van der Waals surface area (Å²) in [7, 11) is 0. The molecule has 1 fully saturated rings. The van der Waals surface area contributed by atoms with E-state index in [1.54, 1.807) is 0 Å². The Balaban J connectivity index is 1.39. The first-order chi connectivity index (χ1) is 13.2. The van der Waals surface area contributed by atoms with Gasteiger partial charge in [0.1, 0.15) is 11.4 Å². The summed E-state index contributed by atoms with van der Waals surface area (Å²) in [6, 6.07) is 16.1.